The van der Waals surface area contributed by atoms with Gasteiger partial charge in [-0.05, 0) is 31.9 Å². The van der Waals surface area contributed by atoms with Gasteiger partial charge in [0.25, 0.3) is 0 Å². The molecule has 0 aromatic heterocycles. The molecule has 1 N–H and O–H groups in total. The Morgan fingerprint density at radius 2 is 1.75 bits per heavy atom. The SMILES string of the molecule is COC(=O)Cc1ccc(CNC2CN(C(=O)OC(C)(C)C)C2)cc1. The van der Waals surface area contributed by atoms with Crippen LogP contribution in [0, 0.1) is 0 Å². The minimum atomic E-state index is -0.457. The first-order chi connectivity index (χ1) is 11.3. The second kappa shape index (κ2) is 7.66. The average molecular weight is 334 g/mol. The number of hydrogen-bond donors (Lipinski definition) is 1. The van der Waals surface area contributed by atoms with E-state index in [1.165, 1.54) is 7.11 Å². The van der Waals surface area contributed by atoms with Gasteiger partial charge in [-0.15, -0.1) is 0 Å². The monoisotopic (exact) mass is 334 g/mol. The average Bonchev–Trinajstić information content (AvgIpc) is 2.45. The first-order valence-corrected chi connectivity index (χ1v) is 8.13. The van der Waals surface area contributed by atoms with Crippen molar-refractivity contribution in [2.75, 3.05) is 20.2 Å². The fraction of sp³-hybridized carbons (Fsp3) is 0.556. The Kier molecular flexibility index (Phi) is 5.83. The third-order valence-electron chi connectivity index (χ3n) is 3.73. The summed E-state index contributed by atoms with van der Waals surface area (Å²) in [6.45, 7) is 7.65. The van der Waals surface area contributed by atoms with E-state index in [4.69, 9.17) is 4.74 Å². The zero-order chi connectivity index (χ0) is 17.7. The van der Waals surface area contributed by atoms with Gasteiger partial charge in [0.2, 0.25) is 0 Å². The van der Waals surface area contributed by atoms with Crippen molar-refractivity contribution in [1.29, 1.82) is 0 Å². The molecule has 1 amide bonds. The largest absolute Gasteiger partial charge is 0.469 e. The van der Waals surface area contributed by atoms with Gasteiger partial charge in [0.05, 0.1) is 13.5 Å². The number of rotatable bonds is 5. The molecule has 1 aromatic carbocycles. The molecule has 0 unspecified atom stereocenters. The number of benzene rings is 1. The zero-order valence-corrected chi connectivity index (χ0v) is 14.8. The number of nitrogens with one attached hydrogen (secondary N) is 1. The predicted molar refractivity (Wildman–Crippen MR) is 90.6 cm³/mol. The standard InChI is InChI=1S/C18H26N2O4/c1-18(2,3)24-17(22)20-11-15(12-20)19-10-14-7-5-13(6-8-14)9-16(21)23-4/h5-8,15,19H,9-12H2,1-4H3. The van der Waals surface area contributed by atoms with Crippen molar-refractivity contribution in [1.82, 2.24) is 10.2 Å². The smallest absolute Gasteiger partial charge is 0.410 e. The summed E-state index contributed by atoms with van der Waals surface area (Å²) < 4.78 is 9.98. The Hall–Kier alpha value is -2.08. The number of ether oxygens (including phenoxy) is 2. The molecule has 6 nitrogen and oxygen atoms in total. The summed E-state index contributed by atoms with van der Waals surface area (Å²) in [5.74, 6) is -0.238. The first-order valence-electron chi connectivity index (χ1n) is 8.13. The van der Waals surface area contributed by atoms with Crippen molar-refractivity contribution in [3.63, 3.8) is 0 Å². The van der Waals surface area contributed by atoms with Gasteiger partial charge < -0.3 is 19.7 Å². The van der Waals surface area contributed by atoms with Gasteiger partial charge in [0, 0.05) is 25.7 Å². The van der Waals surface area contributed by atoms with Gasteiger partial charge in [-0.3, -0.25) is 4.79 Å². The van der Waals surface area contributed by atoms with E-state index in [9.17, 15) is 9.59 Å². The van der Waals surface area contributed by atoms with Gasteiger partial charge in [0.15, 0.2) is 0 Å². The van der Waals surface area contributed by atoms with Gasteiger partial charge in [-0.2, -0.15) is 0 Å². The molecule has 0 aliphatic carbocycles. The summed E-state index contributed by atoms with van der Waals surface area (Å²) in [6.07, 6.45) is 0.0326. The highest BCUT2D eigenvalue weighted by Crippen LogP contribution is 2.15. The second-order valence-corrected chi connectivity index (χ2v) is 7.03. The summed E-state index contributed by atoms with van der Waals surface area (Å²) in [5, 5.41) is 3.41. The zero-order valence-electron chi connectivity index (χ0n) is 14.8. The Morgan fingerprint density at radius 3 is 2.29 bits per heavy atom. The fourth-order valence-electron chi connectivity index (χ4n) is 2.36. The summed E-state index contributed by atoms with van der Waals surface area (Å²) in [6, 6.07) is 8.14. The Morgan fingerprint density at radius 1 is 1.17 bits per heavy atom. The minimum Gasteiger partial charge on any atom is -0.469 e. The maximum atomic E-state index is 11.8. The molecule has 1 saturated heterocycles. The topological polar surface area (TPSA) is 67.9 Å². The molecule has 0 saturated carbocycles. The third-order valence-corrected chi connectivity index (χ3v) is 3.73. The highest BCUT2D eigenvalue weighted by molar-refractivity contribution is 5.72. The second-order valence-electron chi connectivity index (χ2n) is 7.03. The van der Waals surface area contributed by atoms with E-state index < -0.39 is 5.60 Å². The summed E-state index contributed by atoms with van der Waals surface area (Å²) in [4.78, 5) is 24.8. The molecule has 2 rings (SSSR count). The predicted octanol–water partition coefficient (Wildman–Crippen LogP) is 2.11. The molecule has 1 aliphatic rings. The van der Waals surface area contributed by atoms with Crippen LogP contribution in [0.5, 0.6) is 0 Å². The van der Waals surface area contributed by atoms with Gasteiger partial charge >= 0.3 is 12.1 Å². The van der Waals surface area contributed by atoms with E-state index in [2.05, 4.69) is 10.1 Å². The molecule has 1 fully saturated rings. The van der Waals surface area contributed by atoms with Crippen LogP contribution in [-0.2, 0) is 27.2 Å². The molecule has 1 heterocycles. The van der Waals surface area contributed by atoms with Gasteiger partial charge in [-0.1, -0.05) is 24.3 Å². The van der Waals surface area contributed by atoms with Crippen LogP contribution in [0.25, 0.3) is 0 Å². The van der Waals surface area contributed by atoms with Crippen LogP contribution in [0.3, 0.4) is 0 Å². The number of esters is 1. The van der Waals surface area contributed by atoms with Crippen LogP contribution in [-0.4, -0.2) is 48.8 Å². The van der Waals surface area contributed by atoms with Crippen LogP contribution in [0.2, 0.25) is 0 Å². The number of carbonyl (C=O) groups excluding carboxylic acids is 2. The summed E-state index contributed by atoms with van der Waals surface area (Å²) in [5.41, 5.74) is 1.62. The van der Waals surface area contributed by atoms with Crippen molar-refractivity contribution in [2.24, 2.45) is 0 Å². The van der Waals surface area contributed by atoms with Crippen LogP contribution in [0.1, 0.15) is 31.9 Å². The quantitative estimate of drug-likeness (QED) is 0.835. The van der Waals surface area contributed by atoms with Crippen molar-refractivity contribution >= 4 is 12.1 Å². The van der Waals surface area contributed by atoms with Crippen molar-refractivity contribution in [3.05, 3.63) is 35.4 Å². The molecule has 6 heteroatoms. The maximum absolute atomic E-state index is 11.8. The third kappa shape index (κ3) is 5.53. The molecule has 1 aliphatic heterocycles. The lowest BCUT2D eigenvalue weighted by atomic mass is 10.1. The Balaban J connectivity index is 1.70. The fourth-order valence-corrected chi connectivity index (χ4v) is 2.36. The molecule has 1 aromatic rings. The van der Waals surface area contributed by atoms with Crippen molar-refractivity contribution in [2.45, 2.75) is 45.4 Å². The molecular weight excluding hydrogens is 308 g/mol. The highest BCUT2D eigenvalue weighted by atomic mass is 16.6. The number of amides is 1. The van der Waals surface area contributed by atoms with E-state index >= 15 is 0 Å². The van der Waals surface area contributed by atoms with Crippen LogP contribution >= 0.6 is 0 Å². The lowest BCUT2D eigenvalue weighted by molar-refractivity contribution is -0.139. The first kappa shape index (κ1) is 18.3. The molecule has 0 atom stereocenters. The molecule has 24 heavy (non-hydrogen) atoms. The summed E-state index contributed by atoms with van der Waals surface area (Å²) >= 11 is 0. The lowest BCUT2D eigenvalue weighted by Crippen LogP contribution is -2.60. The molecule has 0 radical (unpaired) electrons. The van der Waals surface area contributed by atoms with E-state index in [0.29, 0.717) is 13.1 Å². The van der Waals surface area contributed by atoms with E-state index in [0.717, 1.165) is 17.7 Å². The molecule has 0 bridgehead atoms. The highest BCUT2D eigenvalue weighted by Gasteiger charge is 2.33. The number of nitrogens with zero attached hydrogens (tertiary/aromatic N) is 1. The summed E-state index contributed by atoms with van der Waals surface area (Å²) in [7, 11) is 1.39. The number of likely N-dealkylation sites (tertiary alicyclic amines) is 1. The molecular formula is C18H26N2O4. The molecule has 132 valence electrons. The van der Waals surface area contributed by atoms with Crippen LogP contribution in [0.15, 0.2) is 24.3 Å². The Bertz CT molecular complexity index is 572. The van der Waals surface area contributed by atoms with Crippen LogP contribution in [0.4, 0.5) is 4.79 Å². The van der Waals surface area contributed by atoms with Crippen LogP contribution < -0.4 is 5.32 Å². The van der Waals surface area contributed by atoms with Gasteiger partial charge in [0.1, 0.15) is 5.60 Å². The Labute approximate surface area is 143 Å². The number of methoxy groups -OCH3 is 1. The molecule has 0 spiro atoms. The number of hydrogen-bond acceptors (Lipinski definition) is 5. The number of carbonyl (C=O) groups is 2. The van der Waals surface area contributed by atoms with Gasteiger partial charge in [-0.25, -0.2) is 4.79 Å². The minimum absolute atomic E-state index is 0.238. The van der Waals surface area contributed by atoms with Crippen molar-refractivity contribution in [3.8, 4) is 0 Å². The van der Waals surface area contributed by atoms with E-state index in [1.807, 2.05) is 45.0 Å². The maximum Gasteiger partial charge on any atom is 0.410 e. The van der Waals surface area contributed by atoms with Crippen molar-refractivity contribution < 1.29 is 19.1 Å². The normalized spacial score (nSPS) is 14.9. The van der Waals surface area contributed by atoms with E-state index in [1.54, 1.807) is 4.90 Å². The van der Waals surface area contributed by atoms with E-state index in [-0.39, 0.29) is 24.5 Å². The lowest BCUT2D eigenvalue weighted by Gasteiger charge is -2.40.